The zero-order valence-electron chi connectivity index (χ0n) is 13.5. The van der Waals surface area contributed by atoms with Crippen LogP contribution in [0.4, 0.5) is 5.82 Å². The molecule has 0 saturated heterocycles. The Morgan fingerprint density at radius 1 is 1.24 bits per heavy atom. The summed E-state index contributed by atoms with van der Waals surface area (Å²) < 4.78 is 1.55. The van der Waals surface area contributed by atoms with Gasteiger partial charge in [-0.15, -0.1) is 0 Å². The Morgan fingerprint density at radius 3 is 2.72 bits per heavy atom. The first-order valence-corrected chi connectivity index (χ1v) is 8.55. The molecule has 1 amide bonds. The monoisotopic (exact) mass is 349 g/mol. The number of carbonyl (C=O) groups is 1. The molecule has 2 heterocycles. The lowest BCUT2D eigenvalue weighted by Crippen LogP contribution is -2.17. The highest BCUT2D eigenvalue weighted by Gasteiger charge is 2.15. The van der Waals surface area contributed by atoms with Crippen LogP contribution in [0.25, 0.3) is 5.69 Å². The Kier molecular flexibility index (Phi) is 5.11. The number of rotatable bonds is 5. The molecule has 0 aliphatic carbocycles. The third-order valence-corrected chi connectivity index (χ3v) is 4.33. The molecule has 0 bridgehead atoms. The maximum atomic E-state index is 12.3. The lowest BCUT2D eigenvalue weighted by Gasteiger charge is -2.09. The van der Waals surface area contributed by atoms with Crippen LogP contribution < -0.4 is 5.32 Å². The minimum Gasteiger partial charge on any atom is -0.309 e. The number of nitrogens with zero attached hydrogens (tertiary/aromatic N) is 4. The smallest absolute Gasteiger partial charge is 0.235 e. The highest BCUT2D eigenvalue weighted by atomic mass is 32.2. The lowest BCUT2D eigenvalue weighted by molar-refractivity contribution is -0.113. The van der Waals surface area contributed by atoms with Crippen molar-refractivity contribution in [2.45, 2.75) is 11.9 Å². The quantitative estimate of drug-likeness (QED) is 0.715. The average Bonchev–Trinajstić information content (AvgIpc) is 3.04. The maximum Gasteiger partial charge on any atom is 0.235 e. The molecule has 25 heavy (non-hydrogen) atoms. The lowest BCUT2D eigenvalue weighted by atomic mass is 10.3. The predicted octanol–water partition coefficient (Wildman–Crippen LogP) is 3.18. The Labute approximate surface area is 149 Å². The van der Waals surface area contributed by atoms with Crippen molar-refractivity contribution in [3.63, 3.8) is 0 Å². The molecule has 1 N–H and O–H groups in total. The van der Waals surface area contributed by atoms with Crippen LogP contribution in [0.2, 0.25) is 0 Å². The summed E-state index contributed by atoms with van der Waals surface area (Å²) in [6.07, 6.45) is 3.20. The van der Waals surface area contributed by atoms with Gasteiger partial charge in [0.2, 0.25) is 5.91 Å². The van der Waals surface area contributed by atoms with Gasteiger partial charge in [-0.25, -0.2) is 9.67 Å². The van der Waals surface area contributed by atoms with E-state index < -0.39 is 0 Å². The van der Waals surface area contributed by atoms with E-state index in [9.17, 15) is 10.1 Å². The molecule has 3 aromatic rings. The average molecular weight is 349 g/mol. The van der Waals surface area contributed by atoms with Gasteiger partial charge in [-0.2, -0.15) is 10.4 Å². The fourth-order valence-corrected chi connectivity index (χ4v) is 2.81. The van der Waals surface area contributed by atoms with Crippen LogP contribution in [0.1, 0.15) is 11.1 Å². The molecule has 0 fully saturated rings. The highest BCUT2D eigenvalue weighted by Crippen LogP contribution is 2.21. The number of anilines is 1. The third-order valence-electron chi connectivity index (χ3n) is 3.38. The summed E-state index contributed by atoms with van der Waals surface area (Å²) >= 11 is 1.34. The Balaban J connectivity index is 1.73. The number of aromatic nitrogens is 3. The highest BCUT2D eigenvalue weighted by molar-refractivity contribution is 7.99. The van der Waals surface area contributed by atoms with Gasteiger partial charge in [0.15, 0.2) is 5.82 Å². The minimum absolute atomic E-state index is 0.195. The zero-order chi connectivity index (χ0) is 17.6. The second-order valence-electron chi connectivity index (χ2n) is 5.28. The van der Waals surface area contributed by atoms with Gasteiger partial charge in [-0.05, 0) is 30.7 Å². The first kappa shape index (κ1) is 16.7. The molecule has 0 aliphatic rings. The number of carbonyl (C=O) groups excluding carboxylic acids is 1. The van der Waals surface area contributed by atoms with Gasteiger partial charge in [-0.3, -0.25) is 4.79 Å². The number of nitriles is 1. The normalized spacial score (nSPS) is 10.2. The van der Waals surface area contributed by atoms with Crippen molar-refractivity contribution < 1.29 is 4.79 Å². The van der Waals surface area contributed by atoms with Gasteiger partial charge < -0.3 is 5.32 Å². The minimum atomic E-state index is -0.221. The number of benzene rings is 1. The molecule has 0 unspecified atom stereocenters. The van der Waals surface area contributed by atoms with Crippen molar-refractivity contribution in [1.29, 1.82) is 5.26 Å². The van der Waals surface area contributed by atoms with Crippen LogP contribution in [0.3, 0.4) is 0 Å². The van der Waals surface area contributed by atoms with E-state index in [0.29, 0.717) is 11.4 Å². The van der Waals surface area contributed by atoms with Crippen LogP contribution in [0.5, 0.6) is 0 Å². The van der Waals surface area contributed by atoms with E-state index in [0.717, 1.165) is 16.3 Å². The summed E-state index contributed by atoms with van der Waals surface area (Å²) in [4.78, 5) is 16.6. The van der Waals surface area contributed by atoms with Crippen molar-refractivity contribution in [1.82, 2.24) is 14.8 Å². The first-order chi connectivity index (χ1) is 12.2. The molecule has 0 radical (unpaired) electrons. The van der Waals surface area contributed by atoms with Gasteiger partial charge in [0.1, 0.15) is 11.6 Å². The van der Waals surface area contributed by atoms with Gasteiger partial charge in [0, 0.05) is 6.20 Å². The number of nitrogens with one attached hydrogen (secondary N) is 1. The van der Waals surface area contributed by atoms with Crippen LogP contribution in [0, 0.1) is 18.3 Å². The molecular formula is C18H15N5OS. The topological polar surface area (TPSA) is 83.6 Å². The van der Waals surface area contributed by atoms with Crippen LogP contribution in [-0.4, -0.2) is 26.4 Å². The van der Waals surface area contributed by atoms with Crippen molar-refractivity contribution in [2.75, 3.05) is 11.1 Å². The number of aryl methyl sites for hydroxylation is 1. The Hall–Kier alpha value is -3.11. The number of pyridine rings is 1. The van der Waals surface area contributed by atoms with Crippen LogP contribution >= 0.6 is 11.8 Å². The molecular weight excluding hydrogens is 334 g/mol. The molecule has 124 valence electrons. The SMILES string of the molecule is Cc1ccc(SCC(=O)Nc2c(C#N)cnn2-c2ccccc2)nc1. The summed E-state index contributed by atoms with van der Waals surface area (Å²) in [6.45, 7) is 1.96. The van der Waals surface area contributed by atoms with Crippen molar-refractivity contribution >= 4 is 23.5 Å². The number of hydrogen-bond donors (Lipinski definition) is 1. The second kappa shape index (κ2) is 7.64. The third kappa shape index (κ3) is 4.05. The van der Waals surface area contributed by atoms with E-state index in [1.807, 2.05) is 49.4 Å². The van der Waals surface area contributed by atoms with Crippen molar-refractivity contribution in [2.24, 2.45) is 0 Å². The summed E-state index contributed by atoms with van der Waals surface area (Å²) in [5, 5.41) is 17.0. The zero-order valence-corrected chi connectivity index (χ0v) is 14.3. The number of amides is 1. The second-order valence-corrected chi connectivity index (χ2v) is 6.27. The van der Waals surface area contributed by atoms with Gasteiger partial charge in [-0.1, -0.05) is 36.0 Å². The van der Waals surface area contributed by atoms with E-state index in [1.165, 1.54) is 18.0 Å². The molecule has 3 rings (SSSR count). The molecule has 6 nitrogen and oxygen atoms in total. The van der Waals surface area contributed by atoms with Crippen molar-refractivity contribution in [3.05, 3.63) is 66.0 Å². The molecule has 1 aromatic carbocycles. The van der Waals surface area contributed by atoms with E-state index in [-0.39, 0.29) is 11.7 Å². The van der Waals surface area contributed by atoms with Crippen LogP contribution in [0.15, 0.2) is 59.9 Å². The summed E-state index contributed by atoms with van der Waals surface area (Å²) in [7, 11) is 0. The number of thioether (sulfide) groups is 1. The Bertz CT molecular complexity index is 913. The summed E-state index contributed by atoms with van der Waals surface area (Å²) in [6, 6.07) is 15.2. The first-order valence-electron chi connectivity index (χ1n) is 7.56. The van der Waals surface area contributed by atoms with Crippen LogP contribution in [-0.2, 0) is 4.79 Å². The predicted molar refractivity (Wildman–Crippen MR) is 96.6 cm³/mol. The van der Waals surface area contributed by atoms with E-state index >= 15 is 0 Å². The Morgan fingerprint density at radius 2 is 2.04 bits per heavy atom. The molecule has 2 aromatic heterocycles. The largest absolute Gasteiger partial charge is 0.309 e. The molecule has 0 spiro atoms. The van der Waals surface area contributed by atoms with E-state index in [2.05, 4.69) is 21.5 Å². The van der Waals surface area contributed by atoms with Gasteiger partial charge in [0.05, 0.1) is 22.7 Å². The fraction of sp³-hybridized carbons (Fsp3) is 0.111. The van der Waals surface area contributed by atoms with E-state index in [1.54, 1.807) is 10.9 Å². The fourth-order valence-electron chi connectivity index (χ4n) is 2.16. The molecule has 0 saturated carbocycles. The van der Waals surface area contributed by atoms with Gasteiger partial charge >= 0.3 is 0 Å². The molecule has 0 atom stereocenters. The summed E-state index contributed by atoms with van der Waals surface area (Å²) in [5.74, 6) is 0.346. The summed E-state index contributed by atoms with van der Waals surface area (Å²) in [5.41, 5.74) is 2.15. The molecule has 7 heteroatoms. The maximum absolute atomic E-state index is 12.3. The van der Waals surface area contributed by atoms with Gasteiger partial charge in [0.25, 0.3) is 0 Å². The standard InChI is InChI=1S/C18H15N5OS/c1-13-7-8-17(20-10-13)25-12-16(24)22-18-14(9-19)11-21-23(18)15-5-3-2-4-6-15/h2-8,10-11H,12H2,1H3,(H,22,24). The van der Waals surface area contributed by atoms with E-state index in [4.69, 9.17) is 0 Å². The number of para-hydroxylation sites is 1. The number of hydrogen-bond acceptors (Lipinski definition) is 5. The van der Waals surface area contributed by atoms with Crippen molar-refractivity contribution in [3.8, 4) is 11.8 Å². The molecule has 0 aliphatic heterocycles.